The van der Waals surface area contributed by atoms with Gasteiger partial charge in [0.1, 0.15) is 35.5 Å². The van der Waals surface area contributed by atoms with Crippen molar-refractivity contribution in [3.05, 3.63) is 123 Å². The Morgan fingerprint density at radius 2 is 1.39 bits per heavy atom. The van der Waals surface area contributed by atoms with E-state index in [1.54, 1.807) is 24.3 Å². The number of fused-ring (bicyclic) bond motifs is 1. The zero-order valence-electron chi connectivity index (χ0n) is 30.0. The molecule has 3 aromatic carbocycles. The second kappa shape index (κ2) is 17.6. The first kappa shape index (κ1) is 41.5. The molecule has 20 nitrogen and oxygen atoms in total. The monoisotopic (exact) mass is 831 g/mol. The molecule has 0 radical (unpaired) electrons. The van der Waals surface area contributed by atoms with Crippen LogP contribution in [-0.2, 0) is 61.1 Å². The van der Waals surface area contributed by atoms with Crippen molar-refractivity contribution in [3.8, 4) is 11.5 Å². The quantitative estimate of drug-likeness (QED) is 0.0731. The fraction of sp³-hybridized carbons (Fsp3) is 0.286. The highest BCUT2D eigenvalue weighted by atomic mass is 31.3. The first-order chi connectivity index (χ1) is 27.1. The van der Waals surface area contributed by atoms with Crippen LogP contribution in [-0.4, -0.2) is 66.3 Å². The number of phosphoric ester groups is 2. The van der Waals surface area contributed by atoms with Gasteiger partial charge in [0.05, 0.1) is 26.4 Å². The van der Waals surface area contributed by atoms with Gasteiger partial charge in [-0.25, -0.2) is 13.9 Å². The van der Waals surface area contributed by atoms with Crippen LogP contribution in [0.15, 0.2) is 99.2 Å². The third-order valence-corrected chi connectivity index (χ3v) is 11.2. The number of aliphatic hydroxyl groups excluding tert-OH is 2. The minimum Gasteiger partial charge on any atom is -0.427 e. The highest BCUT2D eigenvalue weighted by Gasteiger charge is 2.46. The number of benzene rings is 3. The van der Waals surface area contributed by atoms with Crippen LogP contribution in [0.1, 0.15) is 36.9 Å². The Morgan fingerprint density at radius 1 is 0.807 bits per heavy atom. The van der Waals surface area contributed by atoms with Gasteiger partial charge in [-0.15, -0.1) is 0 Å². The first-order valence-corrected chi connectivity index (χ1v) is 19.8. The highest BCUT2D eigenvalue weighted by Crippen LogP contribution is 2.64. The number of carbonyl (C=O) groups is 2. The number of ether oxygens (including phenoxy) is 3. The Morgan fingerprint density at radius 3 is 1.96 bits per heavy atom. The van der Waals surface area contributed by atoms with Crippen LogP contribution in [0.3, 0.4) is 0 Å². The van der Waals surface area contributed by atoms with Crippen molar-refractivity contribution in [2.75, 3.05) is 6.61 Å². The summed E-state index contributed by atoms with van der Waals surface area (Å²) in [5.74, 6) is -0.692. The fourth-order valence-corrected chi connectivity index (χ4v) is 8.12. The van der Waals surface area contributed by atoms with E-state index in [9.17, 15) is 43.4 Å². The van der Waals surface area contributed by atoms with Crippen molar-refractivity contribution in [3.63, 3.8) is 0 Å². The van der Waals surface area contributed by atoms with Gasteiger partial charge in [0.2, 0.25) is 0 Å². The van der Waals surface area contributed by atoms with Crippen molar-refractivity contribution in [2.45, 2.75) is 58.1 Å². The van der Waals surface area contributed by atoms with Gasteiger partial charge in [0, 0.05) is 31.5 Å². The molecule has 57 heavy (non-hydrogen) atoms. The zero-order valence-corrected chi connectivity index (χ0v) is 31.8. The normalized spacial score (nSPS) is 19.3. The predicted octanol–water partition coefficient (Wildman–Crippen LogP) is 3.34. The van der Waals surface area contributed by atoms with Crippen LogP contribution in [0.25, 0.3) is 11.0 Å². The van der Waals surface area contributed by atoms with E-state index in [0.29, 0.717) is 22.1 Å². The van der Waals surface area contributed by atoms with E-state index < -0.39 is 83.2 Å². The molecule has 1 saturated heterocycles. The molecule has 1 fully saturated rings. The number of aliphatic hydroxyl groups is 2. The third kappa shape index (κ3) is 10.4. The van der Waals surface area contributed by atoms with Crippen LogP contribution < -0.4 is 20.7 Å². The van der Waals surface area contributed by atoms with Gasteiger partial charge in [-0.1, -0.05) is 41.6 Å². The SMILES string of the molecule is CC(=O)Oc1ccc(COP(=O)(OCc2ccc(OC(C)=O)cc2)OP(=O)(O)OC[C@H]2O[C@@H](n3ccc(=O)n(Cc4noc5ccccc45)c3=O)[C@H](O)[C@@H]2O)cc1. The Kier molecular flexibility index (Phi) is 12.8. The second-order valence-corrected chi connectivity index (χ2v) is 15.7. The van der Waals surface area contributed by atoms with Crippen molar-refractivity contribution in [1.82, 2.24) is 14.3 Å². The standard InChI is InChI=1S/C35H35N3O17P2/c1-21(39)51-25-11-7-23(8-12-25)18-49-57(47,50-19-24-9-13-26(14-10-24)52-22(2)40)55-56(45,46)48-20-30-32(42)33(43)34(53-30)37-16-15-31(41)38(35(37)44)17-28-27-5-3-4-6-29(27)54-36-28/h3-16,30,32-34,42-43H,17-20H2,1-2H3,(H,45,46)/t30-,32-,33-,34-/m1/s1. The lowest BCUT2D eigenvalue weighted by atomic mass is 10.1. The molecule has 0 amide bonds. The predicted molar refractivity (Wildman–Crippen MR) is 194 cm³/mol. The lowest BCUT2D eigenvalue weighted by molar-refractivity contribution is -0.132. The molecular formula is C35H35N3O17P2. The van der Waals surface area contributed by atoms with Crippen LogP contribution in [0.2, 0.25) is 0 Å². The van der Waals surface area contributed by atoms with Gasteiger partial charge in [0.25, 0.3) is 5.56 Å². The average molecular weight is 832 g/mol. The molecule has 1 unspecified atom stereocenters. The number of aromatic nitrogens is 3. The van der Waals surface area contributed by atoms with Crippen LogP contribution in [0.5, 0.6) is 11.5 Å². The Balaban J connectivity index is 1.14. The van der Waals surface area contributed by atoms with Gasteiger partial charge >= 0.3 is 33.3 Å². The summed E-state index contributed by atoms with van der Waals surface area (Å²) in [5, 5.41) is 26.1. The van der Waals surface area contributed by atoms with Gasteiger partial charge in [-0.2, -0.15) is 4.31 Å². The molecule has 1 aliphatic rings. The van der Waals surface area contributed by atoms with Crippen LogP contribution in [0.4, 0.5) is 0 Å². The van der Waals surface area contributed by atoms with E-state index in [-0.39, 0.29) is 23.7 Å². The molecule has 5 atom stereocenters. The number of rotatable bonds is 16. The number of phosphoric acid groups is 2. The maximum atomic E-state index is 13.8. The largest absolute Gasteiger partial charge is 0.484 e. The maximum absolute atomic E-state index is 13.8. The Labute approximate surface area is 321 Å². The Hall–Kier alpha value is -5.11. The molecule has 6 rings (SSSR count). The number of hydrogen-bond donors (Lipinski definition) is 3. The molecule has 22 heteroatoms. The smallest absolute Gasteiger partial charge is 0.427 e. The summed E-state index contributed by atoms with van der Waals surface area (Å²) >= 11 is 0. The van der Waals surface area contributed by atoms with Crippen LogP contribution >= 0.6 is 15.6 Å². The average Bonchev–Trinajstić information content (AvgIpc) is 3.70. The van der Waals surface area contributed by atoms with E-state index in [2.05, 4.69) is 5.16 Å². The van der Waals surface area contributed by atoms with Gasteiger partial charge < -0.3 is 33.8 Å². The Bertz CT molecular complexity index is 2380. The van der Waals surface area contributed by atoms with Gasteiger partial charge in [-0.3, -0.25) is 37.1 Å². The zero-order chi connectivity index (χ0) is 40.9. The summed E-state index contributed by atoms with van der Waals surface area (Å²) in [5.41, 5.74) is -0.230. The molecule has 2 aromatic heterocycles. The summed E-state index contributed by atoms with van der Waals surface area (Å²) in [4.78, 5) is 59.4. The summed E-state index contributed by atoms with van der Waals surface area (Å²) in [6, 6.07) is 19.4. The molecule has 0 aliphatic carbocycles. The van der Waals surface area contributed by atoms with E-state index >= 15 is 0 Å². The number of para-hydroxylation sites is 1. The highest BCUT2D eigenvalue weighted by molar-refractivity contribution is 7.61. The molecule has 0 saturated carbocycles. The van der Waals surface area contributed by atoms with E-state index in [1.165, 1.54) is 62.4 Å². The van der Waals surface area contributed by atoms with Crippen molar-refractivity contribution in [2.24, 2.45) is 0 Å². The van der Waals surface area contributed by atoms with Gasteiger partial charge in [0.15, 0.2) is 11.8 Å². The summed E-state index contributed by atoms with van der Waals surface area (Å²) < 4.78 is 70.3. The molecule has 0 spiro atoms. The number of carbonyl (C=O) groups excluding carboxylic acids is 2. The van der Waals surface area contributed by atoms with Crippen molar-refractivity contribution in [1.29, 1.82) is 0 Å². The minimum absolute atomic E-state index is 0.211. The third-order valence-electron chi connectivity index (χ3n) is 8.22. The summed E-state index contributed by atoms with van der Waals surface area (Å²) in [7, 11) is -10.4. The minimum atomic E-state index is -5.40. The molecule has 1 aliphatic heterocycles. The number of nitrogens with zero attached hydrogens (tertiary/aromatic N) is 3. The lowest BCUT2D eigenvalue weighted by Gasteiger charge is -2.22. The summed E-state index contributed by atoms with van der Waals surface area (Å²) in [6.07, 6.45) is -5.71. The van der Waals surface area contributed by atoms with E-state index in [4.69, 9.17) is 36.6 Å². The fourth-order valence-electron chi connectivity index (χ4n) is 5.52. The maximum Gasteiger partial charge on any atom is 0.484 e. The molecule has 302 valence electrons. The molecule has 5 aromatic rings. The van der Waals surface area contributed by atoms with E-state index in [0.717, 1.165) is 21.4 Å². The molecule has 0 bridgehead atoms. The topological polar surface area (TPSA) is 264 Å². The second-order valence-electron chi connectivity index (χ2n) is 12.4. The molecule has 3 heterocycles. The van der Waals surface area contributed by atoms with Crippen LogP contribution in [0, 0.1) is 0 Å². The first-order valence-electron chi connectivity index (χ1n) is 16.9. The summed E-state index contributed by atoms with van der Waals surface area (Å²) in [6.45, 7) is 0.193. The van der Waals surface area contributed by atoms with Gasteiger partial charge in [-0.05, 0) is 47.5 Å². The van der Waals surface area contributed by atoms with Crippen molar-refractivity contribution < 1.29 is 70.4 Å². The molecular weight excluding hydrogens is 796 g/mol. The number of esters is 2. The van der Waals surface area contributed by atoms with E-state index in [1.807, 2.05) is 0 Å². The molecule has 3 N–H and O–H groups in total. The number of hydrogen-bond acceptors (Lipinski definition) is 17. The van der Waals surface area contributed by atoms with Crippen molar-refractivity contribution >= 4 is 38.6 Å². The lowest BCUT2D eigenvalue weighted by Crippen LogP contribution is -2.43.